The van der Waals surface area contributed by atoms with Crippen molar-refractivity contribution in [2.45, 2.75) is 32.4 Å². The fourth-order valence-corrected chi connectivity index (χ4v) is 3.13. The van der Waals surface area contributed by atoms with Crippen molar-refractivity contribution in [2.24, 2.45) is 5.92 Å². The van der Waals surface area contributed by atoms with Crippen LogP contribution in [0.4, 0.5) is 4.79 Å². The van der Waals surface area contributed by atoms with Crippen molar-refractivity contribution < 1.29 is 34.1 Å². The van der Waals surface area contributed by atoms with Crippen molar-refractivity contribution in [1.82, 2.24) is 10.2 Å². The highest BCUT2D eigenvalue weighted by Crippen LogP contribution is 2.26. The molecule has 2 amide bonds. The van der Waals surface area contributed by atoms with E-state index in [0.717, 1.165) is 5.56 Å². The predicted molar refractivity (Wildman–Crippen MR) is 121 cm³/mol. The maximum atomic E-state index is 12.9. The summed E-state index contributed by atoms with van der Waals surface area (Å²) in [5, 5.41) is 22.4. The monoisotopic (exact) mass is 458 g/mol. The second-order valence-electron chi connectivity index (χ2n) is 7.92. The first-order valence-electron chi connectivity index (χ1n) is 10.6. The van der Waals surface area contributed by atoms with Crippen LogP contribution in [0, 0.1) is 5.92 Å². The van der Waals surface area contributed by atoms with Crippen LogP contribution in [0.2, 0.25) is 0 Å². The summed E-state index contributed by atoms with van der Waals surface area (Å²) in [6.45, 7) is 3.55. The van der Waals surface area contributed by atoms with E-state index in [0.29, 0.717) is 5.75 Å². The van der Waals surface area contributed by atoms with E-state index in [2.05, 4.69) is 5.32 Å². The Hall–Kier alpha value is -3.59. The molecule has 0 fully saturated rings. The van der Waals surface area contributed by atoms with Crippen LogP contribution < -0.4 is 14.8 Å². The van der Waals surface area contributed by atoms with Crippen molar-refractivity contribution >= 4 is 18.0 Å². The summed E-state index contributed by atoms with van der Waals surface area (Å²) in [7, 11) is 1.42. The molecule has 2 rings (SSSR count). The molecule has 9 heteroatoms. The normalized spacial score (nSPS) is 12.5. The van der Waals surface area contributed by atoms with Crippen LogP contribution in [-0.4, -0.2) is 65.4 Å². The second kappa shape index (κ2) is 12.4. The number of amides is 2. The fraction of sp³-hybridized carbons (Fsp3) is 0.375. The molecule has 0 saturated heterocycles. The van der Waals surface area contributed by atoms with E-state index in [1.165, 1.54) is 18.1 Å². The number of carboxylic acids is 1. The van der Waals surface area contributed by atoms with Crippen molar-refractivity contribution in [2.75, 3.05) is 20.2 Å². The number of esters is 1. The second-order valence-corrected chi connectivity index (χ2v) is 7.92. The molecule has 2 aromatic rings. The van der Waals surface area contributed by atoms with Gasteiger partial charge in [-0.25, -0.2) is 14.4 Å². The van der Waals surface area contributed by atoms with Gasteiger partial charge in [-0.3, -0.25) is 0 Å². The van der Waals surface area contributed by atoms with E-state index < -0.39 is 30.1 Å². The molecule has 1 unspecified atom stereocenters. The lowest BCUT2D eigenvalue weighted by Crippen LogP contribution is -2.52. The lowest BCUT2D eigenvalue weighted by molar-refractivity contribution is -0.144. The Morgan fingerprint density at radius 1 is 0.970 bits per heavy atom. The Morgan fingerprint density at radius 3 is 2.15 bits per heavy atom. The molecule has 178 valence electrons. The third-order valence-electron chi connectivity index (χ3n) is 4.70. The number of ether oxygens (including phenoxy) is 2. The van der Waals surface area contributed by atoms with Gasteiger partial charge in [0.1, 0.15) is 6.04 Å². The highest BCUT2D eigenvalue weighted by molar-refractivity contribution is 5.84. The van der Waals surface area contributed by atoms with Crippen LogP contribution in [-0.2, 0) is 16.0 Å². The Kier molecular flexibility index (Phi) is 9.68. The van der Waals surface area contributed by atoms with Gasteiger partial charge in [0.2, 0.25) is 0 Å². The number of para-hydroxylation sites is 2. The van der Waals surface area contributed by atoms with Gasteiger partial charge in [-0.2, -0.15) is 0 Å². The van der Waals surface area contributed by atoms with Crippen LogP contribution in [0.25, 0.3) is 0 Å². The van der Waals surface area contributed by atoms with Crippen LogP contribution in [0.3, 0.4) is 0 Å². The molecule has 2 atom stereocenters. The van der Waals surface area contributed by atoms with E-state index in [1.807, 2.05) is 19.9 Å². The molecule has 33 heavy (non-hydrogen) atoms. The maximum absolute atomic E-state index is 12.9. The topological polar surface area (TPSA) is 125 Å². The van der Waals surface area contributed by atoms with E-state index in [4.69, 9.17) is 9.47 Å². The Labute approximate surface area is 192 Å². The van der Waals surface area contributed by atoms with Crippen molar-refractivity contribution in [3.63, 3.8) is 0 Å². The molecule has 2 aromatic carbocycles. The zero-order valence-electron chi connectivity index (χ0n) is 18.9. The molecule has 0 aliphatic heterocycles. The van der Waals surface area contributed by atoms with Gasteiger partial charge in [0.15, 0.2) is 17.6 Å². The lowest BCUT2D eigenvalue weighted by atomic mass is 10.1. The number of carbonyl (C=O) groups excluding carboxylic acids is 2. The summed E-state index contributed by atoms with van der Waals surface area (Å²) in [4.78, 5) is 38.2. The summed E-state index contributed by atoms with van der Waals surface area (Å²) in [5.41, 5.74) is 0.751. The van der Waals surface area contributed by atoms with Gasteiger partial charge in [-0.05, 0) is 23.6 Å². The van der Waals surface area contributed by atoms with Crippen molar-refractivity contribution in [3.05, 3.63) is 60.2 Å². The molecule has 0 bridgehead atoms. The minimum Gasteiger partial charge on any atom is -0.493 e. The smallest absolute Gasteiger partial charge is 0.342 e. The molecule has 3 N–H and O–H groups in total. The molecular formula is C24H30N2O7. The van der Waals surface area contributed by atoms with Gasteiger partial charge in [-0.15, -0.1) is 0 Å². The van der Waals surface area contributed by atoms with Gasteiger partial charge >= 0.3 is 18.0 Å². The number of carbonyl (C=O) groups is 3. The zero-order valence-corrected chi connectivity index (χ0v) is 18.9. The molecule has 0 radical (unpaired) electrons. The molecule has 0 saturated carbocycles. The minimum atomic E-state index is -1.64. The first-order valence-corrected chi connectivity index (χ1v) is 10.6. The number of methoxy groups -OCH3 is 1. The summed E-state index contributed by atoms with van der Waals surface area (Å²) in [6.07, 6.45) is -1.55. The minimum absolute atomic E-state index is 0.00518. The highest BCUT2D eigenvalue weighted by Gasteiger charge is 2.28. The SMILES string of the molecule is COc1ccccc1OC(=O)C(O)CN(CC(C)C)C(=O)N[C@@H](Cc1ccccc1)C(=O)O. The van der Waals surface area contributed by atoms with E-state index in [1.54, 1.807) is 42.5 Å². The van der Waals surface area contributed by atoms with Gasteiger partial charge in [0.05, 0.1) is 13.7 Å². The van der Waals surface area contributed by atoms with Gasteiger partial charge in [-0.1, -0.05) is 56.3 Å². The Bertz CT molecular complexity index is 933. The number of carboxylic acid groups (broad SMARTS) is 1. The van der Waals surface area contributed by atoms with E-state index in [9.17, 15) is 24.6 Å². The highest BCUT2D eigenvalue weighted by atomic mass is 16.6. The standard InChI is InChI=1S/C24H30N2O7/c1-16(2)14-26(15-19(27)23(30)33-21-12-8-7-11-20(21)32-3)24(31)25-18(22(28)29)13-17-9-5-4-6-10-17/h4-12,16,18-19,27H,13-15H2,1-3H3,(H,25,31)(H,28,29)/t18-,19?/m0/s1. The quantitative estimate of drug-likeness (QED) is 0.349. The predicted octanol–water partition coefficient (Wildman–Crippen LogP) is 2.33. The number of urea groups is 1. The Morgan fingerprint density at radius 2 is 1.58 bits per heavy atom. The maximum Gasteiger partial charge on any atom is 0.342 e. The number of nitrogens with zero attached hydrogens (tertiary/aromatic N) is 1. The number of rotatable bonds is 11. The molecule has 0 heterocycles. The van der Waals surface area contributed by atoms with Crippen molar-refractivity contribution in [1.29, 1.82) is 0 Å². The summed E-state index contributed by atoms with van der Waals surface area (Å²) < 4.78 is 10.3. The van der Waals surface area contributed by atoms with E-state index >= 15 is 0 Å². The number of benzene rings is 2. The van der Waals surface area contributed by atoms with Crippen LogP contribution in [0.15, 0.2) is 54.6 Å². The van der Waals surface area contributed by atoms with Gasteiger partial charge in [0, 0.05) is 13.0 Å². The van der Waals surface area contributed by atoms with Crippen LogP contribution in [0.5, 0.6) is 11.5 Å². The summed E-state index contributed by atoms with van der Waals surface area (Å²) in [6, 6.07) is 13.5. The Balaban J connectivity index is 2.07. The first-order chi connectivity index (χ1) is 15.7. The number of nitrogens with one attached hydrogen (secondary N) is 1. The van der Waals surface area contributed by atoms with Gasteiger partial charge < -0.3 is 29.9 Å². The zero-order chi connectivity index (χ0) is 24.4. The molecule has 0 aliphatic rings. The van der Waals surface area contributed by atoms with Gasteiger partial charge in [0.25, 0.3) is 0 Å². The van der Waals surface area contributed by atoms with E-state index in [-0.39, 0.29) is 31.2 Å². The average molecular weight is 459 g/mol. The van der Waals surface area contributed by atoms with Crippen LogP contribution >= 0.6 is 0 Å². The average Bonchev–Trinajstić information content (AvgIpc) is 2.78. The summed E-state index contributed by atoms with van der Waals surface area (Å²) >= 11 is 0. The largest absolute Gasteiger partial charge is 0.493 e. The number of aliphatic hydroxyl groups is 1. The fourth-order valence-electron chi connectivity index (χ4n) is 3.13. The molecular weight excluding hydrogens is 428 g/mol. The third kappa shape index (κ3) is 8.12. The third-order valence-corrected chi connectivity index (χ3v) is 4.70. The number of aliphatic hydroxyl groups excluding tert-OH is 1. The molecule has 9 nitrogen and oxygen atoms in total. The molecule has 0 spiro atoms. The molecule has 0 aromatic heterocycles. The van der Waals surface area contributed by atoms with Crippen LogP contribution in [0.1, 0.15) is 19.4 Å². The molecule has 0 aliphatic carbocycles. The number of hydrogen-bond donors (Lipinski definition) is 3. The summed E-state index contributed by atoms with van der Waals surface area (Å²) in [5.74, 6) is -1.68. The first kappa shape index (κ1) is 25.7. The number of aliphatic carboxylic acids is 1. The lowest BCUT2D eigenvalue weighted by Gasteiger charge is -2.28. The van der Waals surface area contributed by atoms with Crippen molar-refractivity contribution in [3.8, 4) is 11.5 Å². The number of hydrogen-bond acceptors (Lipinski definition) is 6.